The van der Waals surface area contributed by atoms with Crippen LogP contribution >= 0.6 is 11.6 Å². The molecule has 21 heavy (non-hydrogen) atoms. The Bertz CT molecular complexity index is 726. The first-order valence-corrected chi connectivity index (χ1v) is 6.36. The first-order chi connectivity index (χ1) is 10.2. The third kappa shape index (κ3) is 3.26. The SMILES string of the molecule is Cc1cnc(CNc2nc(Cl)nc(-n3cncn3)n2)cn1. The third-order valence-corrected chi connectivity index (χ3v) is 2.65. The molecule has 0 bridgehead atoms. The maximum Gasteiger partial charge on any atom is 0.258 e. The highest BCUT2D eigenvalue weighted by Crippen LogP contribution is 2.09. The third-order valence-electron chi connectivity index (χ3n) is 2.48. The van der Waals surface area contributed by atoms with Crippen molar-refractivity contribution in [3.05, 3.63) is 41.7 Å². The molecule has 9 nitrogen and oxygen atoms in total. The molecular weight excluding hydrogens is 294 g/mol. The highest BCUT2D eigenvalue weighted by Gasteiger charge is 2.07. The molecule has 0 saturated carbocycles. The smallest absolute Gasteiger partial charge is 0.258 e. The summed E-state index contributed by atoms with van der Waals surface area (Å²) in [4.78, 5) is 24.4. The van der Waals surface area contributed by atoms with Gasteiger partial charge in [0.25, 0.3) is 5.95 Å². The second kappa shape index (κ2) is 5.75. The van der Waals surface area contributed by atoms with E-state index in [2.05, 4.69) is 40.3 Å². The molecule has 3 heterocycles. The van der Waals surface area contributed by atoms with E-state index in [1.807, 2.05) is 6.92 Å². The Morgan fingerprint density at radius 1 is 1.19 bits per heavy atom. The van der Waals surface area contributed by atoms with Gasteiger partial charge in [-0.1, -0.05) is 0 Å². The van der Waals surface area contributed by atoms with Gasteiger partial charge in [-0.05, 0) is 18.5 Å². The van der Waals surface area contributed by atoms with Gasteiger partial charge in [-0.2, -0.15) is 24.7 Å². The maximum absolute atomic E-state index is 5.88. The zero-order valence-electron chi connectivity index (χ0n) is 11.0. The monoisotopic (exact) mass is 303 g/mol. The summed E-state index contributed by atoms with van der Waals surface area (Å²) in [5.41, 5.74) is 1.62. The summed E-state index contributed by atoms with van der Waals surface area (Å²) in [5, 5.41) is 7.02. The van der Waals surface area contributed by atoms with Gasteiger partial charge in [0.1, 0.15) is 12.7 Å². The molecule has 0 saturated heterocycles. The van der Waals surface area contributed by atoms with E-state index in [0.29, 0.717) is 12.5 Å². The number of aromatic nitrogens is 8. The van der Waals surface area contributed by atoms with E-state index in [1.54, 1.807) is 12.4 Å². The van der Waals surface area contributed by atoms with Crippen LogP contribution < -0.4 is 5.32 Å². The number of anilines is 1. The lowest BCUT2D eigenvalue weighted by atomic mass is 10.4. The Labute approximate surface area is 124 Å². The summed E-state index contributed by atoms with van der Waals surface area (Å²) in [6, 6.07) is 0. The molecule has 0 spiro atoms. The van der Waals surface area contributed by atoms with Gasteiger partial charge in [0.15, 0.2) is 0 Å². The van der Waals surface area contributed by atoms with Crippen LogP contribution in [0.5, 0.6) is 0 Å². The van der Waals surface area contributed by atoms with Crippen molar-refractivity contribution in [1.82, 2.24) is 39.7 Å². The molecule has 106 valence electrons. The quantitative estimate of drug-likeness (QED) is 0.754. The number of rotatable bonds is 4. The van der Waals surface area contributed by atoms with Crippen molar-refractivity contribution in [1.29, 1.82) is 0 Å². The van der Waals surface area contributed by atoms with Crippen LogP contribution in [0, 0.1) is 6.92 Å². The fraction of sp³-hybridized carbons (Fsp3) is 0.182. The molecule has 1 N–H and O–H groups in total. The minimum atomic E-state index is 0.0630. The maximum atomic E-state index is 5.88. The van der Waals surface area contributed by atoms with Gasteiger partial charge in [0.2, 0.25) is 11.2 Å². The van der Waals surface area contributed by atoms with Crippen LogP contribution in [-0.2, 0) is 6.54 Å². The van der Waals surface area contributed by atoms with Crippen LogP contribution in [0.15, 0.2) is 25.0 Å². The fourth-order valence-corrected chi connectivity index (χ4v) is 1.67. The van der Waals surface area contributed by atoms with E-state index in [9.17, 15) is 0 Å². The molecule has 0 amide bonds. The molecule has 3 aromatic heterocycles. The van der Waals surface area contributed by atoms with Crippen LogP contribution in [-0.4, -0.2) is 39.7 Å². The zero-order chi connectivity index (χ0) is 14.7. The molecule has 0 aliphatic heterocycles. The topological polar surface area (TPSA) is 107 Å². The predicted octanol–water partition coefficient (Wildman–Crippen LogP) is 0.816. The lowest BCUT2D eigenvalue weighted by Crippen LogP contribution is -2.10. The van der Waals surface area contributed by atoms with Crippen molar-refractivity contribution in [2.45, 2.75) is 13.5 Å². The van der Waals surface area contributed by atoms with Gasteiger partial charge in [0, 0.05) is 6.20 Å². The second-order valence-electron chi connectivity index (χ2n) is 4.07. The standard InChI is InChI=1S/C11H10ClN9/c1-7-2-15-8(3-14-7)4-16-10-18-9(12)19-11(20-10)21-6-13-5-17-21/h2-3,5-6H,4H2,1H3,(H,16,18,19,20). The molecule has 0 unspecified atom stereocenters. The summed E-state index contributed by atoms with van der Waals surface area (Å²) in [6.07, 6.45) is 6.23. The Hall–Kier alpha value is -2.68. The molecule has 0 aliphatic rings. The first kappa shape index (κ1) is 13.3. The van der Waals surface area contributed by atoms with Crippen molar-refractivity contribution in [2.75, 3.05) is 5.32 Å². The van der Waals surface area contributed by atoms with E-state index < -0.39 is 0 Å². The van der Waals surface area contributed by atoms with Crippen LogP contribution in [0.1, 0.15) is 11.4 Å². The van der Waals surface area contributed by atoms with E-state index in [-0.39, 0.29) is 11.2 Å². The molecule has 0 atom stereocenters. The average molecular weight is 304 g/mol. The van der Waals surface area contributed by atoms with Gasteiger partial charge < -0.3 is 5.32 Å². The van der Waals surface area contributed by atoms with Crippen LogP contribution in [0.4, 0.5) is 5.95 Å². The second-order valence-corrected chi connectivity index (χ2v) is 4.41. The number of nitrogens with zero attached hydrogens (tertiary/aromatic N) is 8. The van der Waals surface area contributed by atoms with Crippen LogP contribution in [0.2, 0.25) is 5.28 Å². The van der Waals surface area contributed by atoms with Gasteiger partial charge in [0.05, 0.1) is 24.1 Å². The predicted molar refractivity (Wildman–Crippen MR) is 73.8 cm³/mol. The number of hydrogen-bond acceptors (Lipinski definition) is 8. The lowest BCUT2D eigenvalue weighted by molar-refractivity contribution is 0.792. The number of nitrogens with one attached hydrogen (secondary N) is 1. The summed E-state index contributed by atoms with van der Waals surface area (Å²) < 4.78 is 1.39. The summed E-state index contributed by atoms with van der Waals surface area (Å²) in [6.45, 7) is 2.30. The summed E-state index contributed by atoms with van der Waals surface area (Å²) in [7, 11) is 0. The van der Waals surface area contributed by atoms with E-state index >= 15 is 0 Å². The summed E-state index contributed by atoms with van der Waals surface area (Å²) >= 11 is 5.88. The molecule has 0 radical (unpaired) electrons. The zero-order valence-corrected chi connectivity index (χ0v) is 11.7. The Morgan fingerprint density at radius 2 is 2.10 bits per heavy atom. The van der Waals surface area contributed by atoms with Crippen LogP contribution in [0.25, 0.3) is 5.95 Å². The van der Waals surface area contributed by atoms with Gasteiger partial charge in [-0.25, -0.2) is 4.98 Å². The average Bonchev–Trinajstić information content (AvgIpc) is 3.00. The molecule has 0 fully saturated rings. The van der Waals surface area contributed by atoms with E-state index in [0.717, 1.165) is 11.4 Å². The molecular formula is C11H10ClN9. The van der Waals surface area contributed by atoms with Gasteiger partial charge >= 0.3 is 0 Å². The van der Waals surface area contributed by atoms with E-state index in [4.69, 9.17) is 11.6 Å². The number of aryl methyl sites for hydroxylation is 1. The minimum absolute atomic E-state index is 0.0630. The Balaban J connectivity index is 1.78. The normalized spacial score (nSPS) is 10.6. The molecule has 3 rings (SSSR count). The highest BCUT2D eigenvalue weighted by molar-refractivity contribution is 6.28. The highest BCUT2D eigenvalue weighted by atomic mass is 35.5. The molecule has 10 heteroatoms. The Morgan fingerprint density at radius 3 is 2.81 bits per heavy atom. The van der Waals surface area contributed by atoms with Gasteiger partial charge in [-0.15, -0.1) is 0 Å². The Kier molecular flexibility index (Phi) is 3.65. The van der Waals surface area contributed by atoms with E-state index in [1.165, 1.54) is 17.3 Å². The largest absolute Gasteiger partial charge is 0.348 e. The van der Waals surface area contributed by atoms with Crippen molar-refractivity contribution in [3.8, 4) is 5.95 Å². The molecule has 0 aliphatic carbocycles. The lowest BCUT2D eigenvalue weighted by Gasteiger charge is -2.06. The van der Waals surface area contributed by atoms with Crippen molar-refractivity contribution < 1.29 is 0 Å². The minimum Gasteiger partial charge on any atom is -0.348 e. The molecule has 3 aromatic rings. The summed E-state index contributed by atoms with van der Waals surface area (Å²) in [5.74, 6) is 0.605. The molecule has 0 aromatic carbocycles. The van der Waals surface area contributed by atoms with Crippen molar-refractivity contribution in [2.24, 2.45) is 0 Å². The van der Waals surface area contributed by atoms with Gasteiger partial charge in [-0.3, -0.25) is 9.97 Å². The fourth-order valence-electron chi connectivity index (χ4n) is 1.51. The first-order valence-electron chi connectivity index (χ1n) is 5.99. The van der Waals surface area contributed by atoms with Crippen molar-refractivity contribution in [3.63, 3.8) is 0 Å². The van der Waals surface area contributed by atoms with Crippen molar-refractivity contribution >= 4 is 17.5 Å². The number of halogens is 1. The number of hydrogen-bond donors (Lipinski definition) is 1. The van der Waals surface area contributed by atoms with Crippen LogP contribution in [0.3, 0.4) is 0 Å².